The maximum atomic E-state index is 9.18. The van der Waals surface area contributed by atoms with Gasteiger partial charge in [-0.15, -0.1) is 0 Å². The molecule has 14 aromatic rings. The van der Waals surface area contributed by atoms with Gasteiger partial charge >= 0.3 is 0 Å². The molecule has 0 bridgehead atoms. The van der Waals surface area contributed by atoms with E-state index in [1.54, 1.807) is 26.1 Å². The number of benzene rings is 9. The number of rotatable bonds is 7. The molecule has 5 aromatic heterocycles. The zero-order valence-corrected chi connectivity index (χ0v) is 36.2. The van der Waals surface area contributed by atoms with Crippen LogP contribution in [0.2, 0.25) is 0 Å². The molecule has 0 amide bonds. The van der Waals surface area contributed by atoms with Gasteiger partial charge in [0, 0.05) is 72.9 Å². The van der Waals surface area contributed by atoms with Crippen LogP contribution in [0.5, 0.6) is 0 Å². The Bertz CT molecular complexity index is 4830. The van der Waals surface area contributed by atoms with Crippen LogP contribution in [0.4, 0.5) is 0 Å². The van der Waals surface area contributed by atoms with Gasteiger partial charge in [0.05, 0.1) is 65.0 Å². The van der Waals surface area contributed by atoms with E-state index in [-0.39, 0.29) is 53.3 Å². The highest BCUT2D eigenvalue weighted by atomic mass is 15.0. The van der Waals surface area contributed by atoms with Crippen molar-refractivity contribution in [1.82, 2.24) is 23.7 Å². The van der Waals surface area contributed by atoms with Crippen molar-refractivity contribution in [2.45, 2.75) is 0 Å². The normalized spacial score (nSPS) is 14.8. The minimum atomic E-state index is -0.523. The van der Waals surface area contributed by atoms with E-state index in [4.69, 9.17) is 17.8 Å². The van der Waals surface area contributed by atoms with Crippen molar-refractivity contribution < 1.29 is 20.6 Å². The third-order valence-electron chi connectivity index (χ3n) is 13.0. The van der Waals surface area contributed by atoms with Crippen molar-refractivity contribution in [3.63, 3.8) is 0 Å². The van der Waals surface area contributed by atoms with E-state index < -0.39 is 54.4 Å². The average molecular weight is 895 g/mol. The molecule has 0 saturated carbocycles. The molecule has 5 nitrogen and oxygen atoms in total. The van der Waals surface area contributed by atoms with E-state index in [2.05, 4.69) is 9.97 Å². The van der Waals surface area contributed by atoms with Crippen molar-refractivity contribution >= 4 is 65.4 Å². The molecular formula is C64H41N5. The molecule has 0 unspecified atom stereocenters. The molecule has 0 aliphatic rings. The van der Waals surface area contributed by atoms with Gasteiger partial charge in [-0.3, -0.25) is 9.97 Å². The van der Waals surface area contributed by atoms with Gasteiger partial charge in [0.1, 0.15) is 0 Å². The lowest BCUT2D eigenvalue weighted by Crippen LogP contribution is -1.93. The molecule has 0 atom stereocenters. The number of fused-ring (bicyclic) bond motifs is 9. The first-order valence-electron chi connectivity index (χ1n) is 29.7. The summed E-state index contributed by atoms with van der Waals surface area (Å²) < 4.78 is 137. The standard InChI is InChI=1S/C64H41N5/c1-4-14-48(15-5-1)67-59-28-22-42(44-24-30-61-53(38-44)55-40-46(57-20-10-12-34-65-57)26-32-63(55)68(61)49-16-6-2-7-17-49)36-51(59)52-37-43(23-29-60(52)67)45-25-31-62-54(39-45)56-41-47(58-21-11-13-35-66-58)27-33-64(56)69(62)50-18-8-3-9-19-50/h1-41H/i1D,2D,3D,4D,5D,6D,7D,8D,9D,14D,15D,16D,17D,18D,19D. The molecule has 0 aliphatic carbocycles. The highest BCUT2D eigenvalue weighted by molar-refractivity contribution is 6.15. The summed E-state index contributed by atoms with van der Waals surface area (Å²) in [7, 11) is 0. The Labute approximate surface area is 419 Å². The summed E-state index contributed by atoms with van der Waals surface area (Å²) in [6.45, 7) is 0. The Morgan fingerprint density at radius 2 is 0.536 bits per heavy atom. The van der Waals surface area contributed by atoms with Crippen LogP contribution in [0, 0.1) is 0 Å². The molecule has 9 aromatic carbocycles. The molecular weight excluding hydrogens is 839 g/mol. The van der Waals surface area contributed by atoms with Crippen molar-refractivity contribution in [1.29, 1.82) is 0 Å². The smallest absolute Gasteiger partial charge is 0.0702 e. The number of hydrogen-bond acceptors (Lipinski definition) is 2. The number of para-hydroxylation sites is 3. The fourth-order valence-electron chi connectivity index (χ4n) is 9.96. The Kier molecular flexibility index (Phi) is 6.06. The largest absolute Gasteiger partial charge is 0.309 e. The second-order valence-electron chi connectivity index (χ2n) is 16.7. The first-order chi connectivity index (χ1) is 40.4. The molecule has 14 rings (SSSR count). The quantitative estimate of drug-likeness (QED) is 0.160. The minimum absolute atomic E-state index is 0.00481. The number of pyridine rings is 2. The lowest BCUT2D eigenvalue weighted by Gasteiger charge is -2.09. The monoisotopic (exact) mass is 894 g/mol. The molecule has 0 N–H and O–H groups in total. The molecule has 69 heavy (non-hydrogen) atoms. The van der Waals surface area contributed by atoms with Crippen LogP contribution in [0.15, 0.2) is 249 Å². The van der Waals surface area contributed by atoms with E-state index in [0.29, 0.717) is 43.9 Å². The highest BCUT2D eigenvalue weighted by Gasteiger charge is 2.19. The van der Waals surface area contributed by atoms with Gasteiger partial charge in [0.2, 0.25) is 0 Å². The van der Waals surface area contributed by atoms with Gasteiger partial charge in [0.25, 0.3) is 0 Å². The van der Waals surface area contributed by atoms with Crippen LogP contribution in [0.25, 0.3) is 127 Å². The van der Waals surface area contributed by atoms with Crippen molar-refractivity contribution in [2.24, 2.45) is 0 Å². The van der Waals surface area contributed by atoms with Gasteiger partial charge in [0.15, 0.2) is 0 Å². The molecule has 0 fully saturated rings. The summed E-state index contributed by atoms with van der Waals surface area (Å²) in [5, 5.41) is 4.32. The SMILES string of the molecule is [2H]c1c([2H])c([2H])c(-n2c3ccc(-c4ccc5c(c4)c4cc(-c6ccccn6)ccc4n5-c4c([2H])c([2H])c([2H])c([2H])c4[2H])cc3c3cc(-c4ccc5c(c4)c4cc(-c6ccccn6)ccc4n5-c4c([2H])c([2H])c([2H])c([2H])c4[2H])ccc32)c([2H])c1[2H]. The third kappa shape index (κ3) is 6.32. The van der Waals surface area contributed by atoms with Crippen molar-refractivity contribution in [3.05, 3.63) is 249 Å². The summed E-state index contributed by atoms with van der Waals surface area (Å²) in [6.07, 6.45) is 3.41. The summed E-state index contributed by atoms with van der Waals surface area (Å²) in [5.74, 6) is 0. The summed E-state index contributed by atoms with van der Waals surface area (Å²) in [4.78, 5) is 9.19. The summed E-state index contributed by atoms with van der Waals surface area (Å²) >= 11 is 0. The van der Waals surface area contributed by atoms with E-state index in [1.807, 2.05) is 146 Å². The fraction of sp³-hybridized carbons (Fsp3) is 0. The second-order valence-corrected chi connectivity index (χ2v) is 16.7. The van der Waals surface area contributed by atoms with E-state index >= 15 is 0 Å². The van der Waals surface area contributed by atoms with Gasteiger partial charge in [-0.05, 0) is 156 Å². The van der Waals surface area contributed by atoms with Crippen LogP contribution in [0.3, 0.4) is 0 Å². The number of aromatic nitrogens is 5. The molecule has 5 heteroatoms. The topological polar surface area (TPSA) is 40.6 Å². The first kappa shape index (κ1) is 26.7. The Morgan fingerprint density at radius 3 is 0.797 bits per heavy atom. The third-order valence-corrected chi connectivity index (χ3v) is 13.0. The fourth-order valence-corrected chi connectivity index (χ4v) is 9.96. The Hall–Kier alpha value is -9.32. The van der Waals surface area contributed by atoms with Gasteiger partial charge < -0.3 is 13.7 Å². The molecule has 0 aliphatic heterocycles. The summed E-state index contributed by atoms with van der Waals surface area (Å²) in [5.41, 5.74) is 9.57. The van der Waals surface area contributed by atoms with Crippen molar-refractivity contribution in [3.8, 4) is 61.8 Å². The minimum Gasteiger partial charge on any atom is -0.309 e. The van der Waals surface area contributed by atoms with Crippen molar-refractivity contribution in [2.75, 3.05) is 0 Å². The molecule has 0 radical (unpaired) electrons. The molecule has 0 spiro atoms. The average Bonchev–Trinajstić information content (AvgIpc) is 4.27. The highest BCUT2D eigenvalue weighted by Crippen LogP contribution is 2.42. The first-order valence-corrected chi connectivity index (χ1v) is 22.2. The zero-order valence-electron chi connectivity index (χ0n) is 51.2. The maximum Gasteiger partial charge on any atom is 0.0702 e. The lowest BCUT2D eigenvalue weighted by molar-refractivity contribution is 1.18. The Morgan fingerprint density at radius 1 is 0.275 bits per heavy atom. The van der Waals surface area contributed by atoms with Gasteiger partial charge in [-0.1, -0.05) is 103 Å². The van der Waals surface area contributed by atoms with Crippen LogP contribution in [-0.2, 0) is 0 Å². The zero-order chi connectivity index (χ0) is 58.5. The van der Waals surface area contributed by atoms with Crippen LogP contribution < -0.4 is 0 Å². The van der Waals surface area contributed by atoms with Crippen LogP contribution in [-0.4, -0.2) is 23.7 Å². The van der Waals surface area contributed by atoms with E-state index in [0.717, 1.165) is 66.3 Å². The predicted molar refractivity (Wildman–Crippen MR) is 287 cm³/mol. The maximum absolute atomic E-state index is 9.18. The van der Waals surface area contributed by atoms with E-state index in [9.17, 15) is 2.74 Å². The van der Waals surface area contributed by atoms with E-state index in [1.165, 1.54) is 0 Å². The molecule has 322 valence electrons. The Balaban J connectivity index is 1.01. The van der Waals surface area contributed by atoms with Gasteiger partial charge in [-0.25, -0.2) is 0 Å². The second kappa shape index (κ2) is 15.7. The van der Waals surface area contributed by atoms with Crippen LogP contribution in [0.1, 0.15) is 20.6 Å². The summed E-state index contributed by atoms with van der Waals surface area (Å²) in [6, 6.07) is 39.3. The van der Waals surface area contributed by atoms with Crippen LogP contribution >= 0.6 is 0 Å². The molecule has 0 saturated heterocycles. The van der Waals surface area contributed by atoms with Gasteiger partial charge in [-0.2, -0.15) is 0 Å². The number of nitrogens with zero attached hydrogens (tertiary/aromatic N) is 5. The number of hydrogen-bond donors (Lipinski definition) is 0. The lowest BCUT2D eigenvalue weighted by atomic mass is 9.98. The predicted octanol–water partition coefficient (Wildman–Crippen LogP) is 16.4. The molecule has 5 heterocycles.